The molecule has 1 fully saturated rings. The van der Waals surface area contributed by atoms with E-state index < -0.39 is 6.04 Å². The Labute approximate surface area is 220 Å². The molecule has 0 bridgehead atoms. The number of hydrogen-bond donors (Lipinski definition) is 2. The van der Waals surface area contributed by atoms with Gasteiger partial charge in [-0.05, 0) is 46.9 Å². The summed E-state index contributed by atoms with van der Waals surface area (Å²) in [5.74, 6) is 6.09. The van der Waals surface area contributed by atoms with Crippen molar-refractivity contribution in [2.45, 2.75) is 6.04 Å². The van der Waals surface area contributed by atoms with Gasteiger partial charge in [0.1, 0.15) is 11.7 Å². The third-order valence-electron chi connectivity index (χ3n) is 6.73. The summed E-state index contributed by atoms with van der Waals surface area (Å²) in [6.07, 6.45) is 0. The second-order valence-electron chi connectivity index (χ2n) is 9.10. The highest BCUT2D eigenvalue weighted by molar-refractivity contribution is 6.01. The van der Waals surface area contributed by atoms with Gasteiger partial charge in [-0.15, -0.1) is 0 Å². The van der Waals surface area contributed by atoms with Crippen molar-refractivity contribution < 1.29 is 9.59 Å². The number of aromatic amines is 1. The molecule has 1 aliphatic rings. The summed E-state index contributed by atoms with van der Waals surface area (Å²) >= 11 is 0. The summed E-state index contributed by atoms with van der Waals surface area (Å²) in [5.41, 5.74) is 5.66. The summed E-state index contributed by atoms with van der Waals surface area (Å²) in [7, 11) is 0. The van der Waals surface area contributed by atoms with Crippen molar-refractivity contribution in [1.82, 2.24) is 20.4 Å². The normalized spacial score (nSPS) is 15.0. The molecule has 0 spiro atoms. The minimum absolute atomic E-state index is 0.177. The maximum atomic E-state index is 13.7. The molecule has 0 unspecified atom stereocenters. The summed E-state index contributed by atoms with van der Waals surface area (Å²) in [4.78, 5) is 28.1. The van der Waals surface area contributed by atoms with Gasteiger partial charge in [0, 0.05) is 29.6 Å². The van der Waals surface area contributed by atoms with Crippen LogP contribution >= 0.6 is 0 Å². The van der Waals surface area contributed by atoms with E-state index in [1.165, 1.54) is 0 Å². The first-order valence-electron chi connectivity index (χ1n) is 12.5. The van der Waals surface area contributed by atoms with Crippen LogP contribution in [0.2, 0.25) is 0 Å². The summed E-state index contributed by atoms with van der Waals surface area (Å²) in [6.45, 7) is 0.843. The van der Waals surface area contributed by atoms with E-state index >= 15 is 0 Å². The van der Waals surface area contributed by atoms with Gasteiger partial charge in [-0.1, -0.05) is 84.8 Å². The lowest BCUT2D eigenvalue weighted by Gasteiger charge is -2.35. The molecule has 0 aliphatic carbocycles. The highest BCUT2D eigenvalue weighted by atomic mass is 16.2. The van der Waals surface area contributed by atoms with Crippen molar-refractivity contribution in [2.24, 2.45) is 0 Å². The fourth-order valence-corrected chi connectivity index (χ4v) is 4.85. The van der Waals surface area contributed by atoms with Crippen LogP contribution in [0.25, 0.3) is 22.0 Å². The number of benzene rings is 4. The predicted octanol–water partition coefficient (Wildman–Crippen LogP) is 4.94. The van der Waals surface area contributed by atoms with Gasteiger partial charge in [-0.2, -0.15) is 5.10 Å². The van der Waals surface area contributed by atoms with Crippen LogP contribution in [0.4, 0.5) is 0 Å². The fraction of sp³-hybridized carbons (Fsp3) is 0.0938. The minimum Gasteiger partial charge on any atom is -0.352 e. The lowest BCUT2D eigenvalue weighted by Crippen LogP contribution is -2.52. The van der Waals surface area contributed by atoms with Crippen molar-refractivity contribution in [3.8, 4) is 23.0 Å². The van der Waals surface area contributed by atoms with Crippen LogP contribution in [0.5, 0.6) is 0 Å². The first-order chi connectivity index (χ1) is 18.7. The van der Waals surface area contributed by atoms with Crippen LogP contribution < -0.4 is 5.32 Å². The summed E-state index contributed by atoms with van der Waals surface area (Å²) in [6, 6.07) is 32.2. The van der Waals surface area contributed by atoms with Crippen molar-refractivity contribution in [2.75, 3.05) is 13.1 Å². The smallest absolute Gasteiger partial charge is 0.254 e. The number of fused-ring (bicyclic) bond motifs is 1. The molecule has 2 amide bonds. The zero-order valence-electron chi connectivity index (χ0n) is 20.5. The summed E-state index contributed by atoms with van der Waals surface area (Å²) < 4.78 is 0. The Kier molecular flexibility index (Phi) is 6.17. The van der Waals surface area contributed by atoms with Gasteiger partial charge in [0.2, 0.25) is 5.91 Å². The third-order valence-corrected chi connectivity index (χ3v) is 6.73. The second kappa shape index (κ2) is 10.1. The van der Waals surface area contributed by atoms with E-state index in [0.717, 1.165) is 33.2 Å². The Bertz CT molecular complexity index is 1700. The topological polar surface area (TPSA) is 78.1 Å². The molecular weight excluding hydrogens is 472 g/mol. The highest BCUT2D eigenvalue weighted by Crippen LogP contribution is 2.27. The molecule has 1 saturated heterocycles. The van der Waals surface area contributed by atoms with Crippen LogP contribution in [0.3, 0.4) is 0 Å². The largest absolute Gasteiger partial charge is 0.352 e. The average molecular weight is 497 g/mol. The number of nitrogens with zero attached hydrogens (tertiary/aromatic N) is 2. The fourth-order valence-electron chi connectivity index (χ4n) is 4.85. The van der Waals surface area contributed by atoms with Gasteiger partial charge >= 0.3 is 0 Å². The molecule has 1 aromatic heterocycles. The van der Waals surface area contributed by atoms with Gasteiger partial charge in [0.25, 0.3) is 5.91 Å². The Hall–Kier alpha value is -5.15. The predicted molar refractivity (Wildman–Crippen MR) is 147 cm³/mol. The van der Waals surface area contributed by atoms with Crippen LogP contribution in [0.15, 0.2) is 103 Å². The van der Waals surface area contributed by atoms with Crippen LogP contribution in [-0.2, 0) is 4.79 Å². The number of nitrogens with one attached hydrogen (secondary N) is 2. The van der Waals surface area contributed by atoms with Gasteiger partial charge in [-0.3, -0.25) is 14.7 Å². The molecule has 5 aromatic rings. The molecule has 184 valence electrons. The van der Waals surface area contributed by atoms with Crippen LogP contribution in [0.1, 0.15) is 33.2 Å². The zero-order valence-corrected chi connectivity index (χ0v) is 20.5. The lowest BCUT2D eigenvalue weighted by atomic mass is 10.00. The number of amides is 2. The molecule has 1 atom stereocenters. The molecular formula is C32H24N4O2. The molecule has 6 rings (SSSR count). The van der Waals surface area contributed by atoms with E-state index in [1.54, 1.807) is 11.0 Å². The number of aromatic nitrogens is 2. The number of H-pyrrole nitrogens is 1. The monoisotopic (exact) mass is 496 g/mol. The van der Waals surface area contributed by atoms with Crippen LogP contribution in [0, 0.1) is 11.8 Å². The van der Waals surface area contributed by atoms with Gasteiger partial charge in [0.05, 0.1) is 5.52 Å². The number of piperazine rings is 1. The van der Waals surface area contributed by atoms with Gasteiger partial charge in [-0.25, -0.2) is 0 Å². The number of rotatable bonds is 3. The molecule has 38 heavy (non-hydrogen) atoms. The summed E-state index contributed by atoms with van der Waals surface area (Å²) in [5, 5.41) is 11.1. The minimum atomic E-state index is -0.675. The first kappa shape index (κ1) is 23.3. The van der Waals surface area contributed by atoms with E-state index in [9.17, 15) is 9.59 Å². The van der Waals surface area contributed by atoms with E-state index in [4.69, 9.17) is 0 Å². The Morgan fingerprint density at radius 1 is 0.868 bits per heavy atom. The van der Waals surface area contributed by atoms with Crippen molar-refractivity contribution in [1.29, 1.82) is 0 Å². The Balaban J connectivity index is 1.34. The highest BCUT2D eigenvalue weighted by Gasteiger charge is 2.34. The SMILES string of the molecule is O=C1NCCN(C(=O)c2ccc3[nH]nc(C#Cc4ccccc4-c4ccccc4)c3c2)[C@H]1c1ccccc1. The standard InChI is InChI=1S/C32H24N4O2/c37-31-30(24-12-5-2-6-13-24)36(20-19-33-31)32(38)25-16-18-29-27(21-25)28(34-35-29)17-15-23-11-7-8-14-26(23)22-9-3-1-4-10-22/h1-14,16,18,21,30H,19-20H2,(H,33,37)(H,34,35)/t30-/m0/s1. The van der Waals surface area contributed by atoms with Crippen LogP contribution in [-0.4, -0.2) is 40.0 Å². The van der Waals surface area contributed by atoms with Gasteiger partial charge in [0.15, 0.2) is 0 Å². The maximum absolute atomic E-state index is 13.7. The molecule has 4 aromatic carbocycles. The van der Waals surface area contributed by atoms with E-state index in [1.807, 2.05) is 78.9 Å². The molecule has 0 radical (unpaired) electrons. The third kappa shape index (κ3) is 4.42. The zero-order chi connectivity index (χ0) is 25.9. The molecule has 2 heterocycles. The molecule has 6 nitrogen and oxygen atoms in total. The van der Waals surface area contributed by atoms with E-state index in [2.05, 4.69) is 45.6 Å². The Morgan fingerprint density at radius 3 is 2.42 bits per heavy atom. The number of carbonyl (C=O) groups excluding carboxylic acids is 2. The Morgan fingerprint density at radius 2 is 1.61 bits per heavy atom. The van der Waals surface area contributed by atoms with Crippen molar-refractivity contribution in [3.05, 3.63) is 126 Å². The number of hydrogen-bond acceptors (Lipinski definition) is 3. The second-order valence-corrected chi connectivity index (χ2v) is 9.10. The number of carbonyl (C=O) groups is 2. The lowest BCUT2D eigenvalue weighted by molar-refractivity contribution is -0.128. The quantitative estimate of drug-likeness (QED) is 0.347. The average Bonchev–Trinajstić information content (AvgIpc) is 3.39. The molecule has 1 aliphatic heterocycles. The molecule has 0 saturated carbocycles. The molecule has 6 heteroatoms. The van der Waals surface area contributed by atoms with Crippen molar-refractivity contribution in [3.63, 3.8) is 0 Å². The van der Waals surface area contributed by atoms with E-state index in [0.29, 0.717) is 24.3 Å². The first-order valence-corrected chi connectivity index (χ1v) is 12.5. The maximum Gasteiger partial charge on any atom is 0.254 e. The van der Waals surface area contributed by atoms with E-state index in [-0.39, 0.29) is 11.8 Å². The van der Waals surface area contributed by atoms with Crippen molar-refractivity contribution >= 4 is 22.7 Å². The molecule has 2 N–H and O–H groups in total. The van der Waals surface area contributed by atoms with Gasteiger partial charge < -0.3 is 10.2 Å².